The van der Waals surface area contributed by atoms with E-state index in [1.165, 1.54) is 0 Å². The quantitative estimate of drug-likeness (QED) is 0.689. The van der Waals surface area contributed by atoms with Crippen LogP contribution in [0, 0.1) is 0 Å². The maximum absolute atomic E-state index is 12.0. The molecule has 0 aliphatic carbocycles. The molecule has 5 heteroatoms. The highest BCUT2D eigenvalue weighted by Crippen LogP contribution is 2.20. The van der Waals surface area contributed by atoms with Crippen LogP contribution in [0.2, 0.25) is 0 Å². The monoisotopic (exact) mass is 248 g/mol. The van der Waals surface area contributed by atoms with Crippen LogP contribution in [0.4, 0.5) is 0 Å². The number of sulfonamides is 1. The minimum Gasteiger partial charge on any atom is -0.317 e. The fourth-order valence-electron chi connectivity index (χ4n) is 2.12. The summed E-state index contributed by atoms with van der Waals surface area (Å²) in [6.45, 7) is 6.59. The average molecular weight is 248 g/mol. The van der Waals surface area contributed by atoms with Crippen LogP contribution in [0.15, 0.2) is 0 Å². The second-order valence-corrected chi connectivity index (χ2v) is 6.56. The van der Waals surface area contributed by atoms with Crippen molar-refractivity contribution in [3.63, 3.8) is 0 Å². The standard InChI is InChI=1S/C11H24N2O2S/c1-3-7-12-8-5-10-16(14,15)13-9-4-6-11(13)2/h11-12H,3-10H2,1-2H3. The molecule has 1 aliphatic heterocycles. The Labute approximate surface area is 99.5 Å². The van der Waals surface area contributed by atoms with Crippen molar-refractivity contribution in [1.29, 1.82) is 0 Å². The highest BCUT2D eigenvalue weighted by molar-refractivity contribution is 7.89. The molecule has 0 aromatic heterocycles. The predicted molar refractivity (Wildman–Crippen MR) is 67.0 cm³/mol. The van der Waals surface area contributed by atoms with Gasteiger partial charge in [-0.05, 0) is 45.7 Å². The number of nitrogens with one attached hydrogen (secondary N) is 1. The van der Waals surface area contributed by atoms with Gasteiger partial charge >= 0.3 is 0 Å². The number of hydrogen-bond acceptors (Lipinski definition) is 3. The Morgan fingerprint density at radius 2 is 2.12 bits per heavy atom. The Morgan fingerprint density at radius 1 is 1.38 bits per heavy atom. The van der Waals surface area contributed by atoms with E-state index >= 15 is 0 Å². The average Bonchev–Trinajstić information content (AvgIpc) is 2.65. The zero-order chi connectivity index (χ0) is 12.0. The molecule has 96 valence electrons. The molecule has 0 radical (unpaired) electrons. The molecule has 0 aromatic carbocycles. The summed E-state index contributed by atoms with van der Waals surface area (Å²) in [6.07, 6.45) is 3.82. The molecule has 4 nitrogen and oxygen atoms in total. The van der Waals surface area contributed by atoms with E-state index in [2.05, 4.69) is 12.2 Å². The van der Waals surface area contributed by atoms with Crippen LogP contribution in [0.5, 0.6) is 0 Å². The maximum Gasteiger partial charge on any atom is 0.214 e. The predicted octanol–water partition coefficient (Wildman–Crippen LogP) is 1.19. The van der Waals surface area contributed by atoms with Gasteiger partial charge in [0.05, 0.1) is 5.75 Å². The summed E-state index contributed by atoms with van der Waals surface area (Å²) >= 11 is 0. The van der Waals surface area contributed by atoms with E-state index in [4.69, 9.17) is 0 Å². The molecule has 1 aliphatic rings. The van der Waals surface area contributed by atoms with E-state index in [1.54, 1.807) is 4.31 Å². The fourth-order valence-corrected chi connectivity index (χ4v) is 3.92. The Bertz CT molecular complexity index is 290. The first-order valence-corrected chi connectivity index (χ1v) is 7.89. The maximum atomic E-state index is 12.0. The fraction of sp³-hybridized carbons (Fsp3) is 1.00. The zero-order valence-electron chi connectivity index (χ0n) is 10.4. The molecule has 1 N–H and O–H groups in total. The van der Waals surface area contributed by atoms with Crippen molar-refractivity contribution in [2.75, 3.05) is 25.4 Å². The number of rotatable bonds is 7. The van der Waals surface area contributed by atoms with Gasteiger partial charge in [-0.3, -0.25) is 0 Å². The van der Waals surface area contributed by atoms with E-state index in [0.717, 1.165) is 32.4 Å². The molecule has 16 heavy (non-hydrogen) atoms. The van der Waals surface area contributed by atoms with Crippen LogP contribution in [-0.2, 0) is 10.0 Å². The Kier molecular flexibility index (Phi) is 5.72. The zero-order valence-corrected chi connectivity index (χ0v) is 11.2. The SMILES string of the molecule is CCCNCCCS(=O)(=O)N1CCCC1C. The molecule has 0 bridgehead atoms. The van der Waals surface area contributed by atoms with Crippen LogP contribution in [0.25, 0.3) is 0 Å². The molecule has 0 saturated carbocycles. The first-order valence-electron chi connectivity index (χ1n) is 6.28. The molecule has 1 rings (SSSR count). The van der Waals surface area contributed by atoms with Crippen molar-refractivity contribution in [2.24, 2.45) is 0 Å². The summed E-state index contributed by atoms with van der Waals surface area (Å²) in [5, 5.41) is 3.23. The molecular formula is C11H24N2O2S. The van der Waals surface area contributed by atoms with E-state index in [1.807, 2.05) is 6.92 Å². The largest absolute Gasteiger partial charge is 0.317 e. The third kappa shape index (κ3) is 4.03. The summed E-state index contributed by atoms with van der Waals surface area (Å²) in [7, 11) is -3.00. The molecule has 1 saturated heterocycles. The molecule has 0 amide bonds. The van der Waals surface area contributed by atoms with Crippen molar-refractivity contribution in [2.45, 2.75) is 45.6 Å². The lowest BCUT2D eigenvalue weighted by Gasteiger charge is -2.20. The Hall–Kier alpha value is -0.130. The Morgan fingerprint density at radius 3 is 2.69 bits per heavy atom. The Balaban J connectivity index is 2.29. The van der Waals surface area contributed by atoms with Gasteiger partial charge in [-0.25, -0.2) is 8.42 Å². The van der Waals surface area contributed by atoms with Crippen molar-refractivity contribution in [3.05, 3.63) is 0 Å². The normalized spacial score (nSPS) is 22.8. The van der Waals surface area contributed by atoms with Gasteiger partial charge in [0, 0.05) is 12.6 Å². The summed E-state index contributed by atoms with van der Waals surface area (Å²) in [5.41, 5.74) is 0. The molecule has 1 fully saturated rings. The van der Waals surface area contributed by atoms with Gasteiger partial charge in [0.1, 0.15) is 0 Å². The van der Waals surface area contributed by atoms with Crippen LogP contribution >= 0.6 is 0 Å². The summed E-state index contributed by atoms with van der Waals surface area (Å²) in [4.78, 5) is 0. The molecular weight excluding hydrogens is 224 g/mol. The smallest absolute Gasteiger partial charge is 0.214 e. The lowest BCUT2D eigenvalue weighted by Crippen LogP contribution is -2.36. The van der Waals surface area contributed by atoms with Crippen LogP contribution in [0.3, 0.4) is 0 Å². The van der Waals surface area contributed by atoms with Gasteiger partial charge in [-0.15, -0.1) is 0 Å². The van der Waals surface area contributed by atoms with E-state index in [9.17, 15) is 8.42 Å². The lowest BCUT2D eigenvalue weighted by atomic mass is 10.3. The van der Waals surface area contributed by atoms with E-state index in [-0.39, 0.29) is 11.8 Å². The van der Waals surface area contributed by atoms with Crippen molar-refractivity contribution in [3.8, 4) is 0 Å². The van der Waals surface area contributed by atoms with E-state index < -0.39 is 10.0 Å². The van der Waals surface area contributed by atoms with Gasteiger partial charge in [0.2, 0.25) is 10.0 Å². The molecule has 0 spiro atoms. The third-order valence-electron chi connectivity index (χ3n) is 3.03. The van der Waals surface area contributed by atoms with Gasteiger partial charge < -0.3 is 5.32 Å². The van der Waals surface area contributed by atoms with Crippen LogP contribution in [0.1, 0.15) is 39.5 Å². The van der Waals surface area contributed by atoms with Crippen LogP contribution < -0.4 is 5.32 Å². The molecule has 0 aromatic rings. The summed E-state index contributed by atoms with van der Waals surface area (Å²) < 4.78 is 25.6. The van der Waals surface area contributed by atoms with Crippen molar-refractivity contribution in [1.82, 2.24) is 9.62 Å². The molecule has 1 atom stereocenters. The highest BCUT2D eigenvalue weighted by Gasteiger charge is 2.30. The van der Waals surface area contributed by atoms with Crippen LogP contribution in [-0.4, -0.2) is 44.2 Å². The van der Waals surface area contributed by atoms with Gasteiger partial charge in [-0.1, -0.05) is 6.92 Å². The molecule has 1 unspecified atom stereocenters. The van der Waals surface area contributed by atoms with Crippen molar-refractivity contribution >= 4 is 10.0 Å². The first-order chi connectivity index (χ1) is 7.58. The topological polar surface area (TPSA) is 49.4 Å². The second kappa shape index (κ2) is 6.57. The minimum atomic E-state index is -3.00. The lowest BCUT2D eigenvalue weighted by molar-refractivity contribution is 0.407. The van der Waals surface area contributed by atoms with E-state index in [0.29, 0.717) is 13.0 Å². The summed E-state index contributed by atoms with van der Waals surface area (Å²) in [5.74, 6) is 0.286. The van der Waals surface area contributed by atoms with Crippen molar-refractivity contribution < 1.29 is 8.42 Å². The number of nitrogens with zero attached hydrogens (tertiary/aromatic N) is 1. The van der Waals surface area contributed by atoms with Gasteiger partial charge in [0.15, 0.2) is 0 Å². The number of hydrogen-bond donors (Lipinski definition) is 1. The van der Waals surface area contributed by atoms with Gasteiger partial charge in [-0.2, -0.15) is 4.31 Å². The highest BCUT2D eigenvalue weighted by atomic mass is 32.2. The first kappa shape index (κ1) is 13.9. The third-order valence-corrected chi connectivity index (χ3v) is 5.09. The molecule has 1 heterocycles. The minimum absolute atomic E-state index is 0.202. The summed E-state index contributed by atoms with van der Waals surface area (Å²) in [6, 6.07) is 0.202. The van der Waals surface area contributed by atoms with Gasteiger partial charge in [0.25, 0.3) is 0 Å². The second-order valence-electron chi connectivity index (χ2n) is 4.52.